The second-order valence-electron chi connectivity index (χ2n) is 9.00. The number of ether oxygens (including phenoxy) is 2. The maximum Gasteiger partial charge on any atom is 0.309 e. The van der Waals surface area contributed by atoms with Crippen LogP contribution in [-0.2, 0) is 19.1 Å². The Morgan fingerprint density at radius 2 is 1.50 bits per heavy atom. The molecule has 0 heterocycles. The molecule has 7 heteroatoms. The molecule has 0 amide bonds. The highest BCUT2D eigenvalue weighted by Gasteiger charge is 2.32. The van der Waals surface area contributed by atoms with Gasteiger partial charge in [-0.2, -0.15) is 0 Å². The highest BCUT2D eigenvalue weighted by molar-refractivity contribution is 5.80. The number of halogens is 3. The van der Waals surface area contributed by atoms with Crippen molar-refractivity contribution in [3.8, 4) is 0 Å². The van der Waals surface area contributed by atoms with Crippen LogP contribution >= 0.6 is 0 Å². The Labute approximate surface area is 186 Å². The van der Waals surface area contributed by atoms with Gasteiger partial charge in [0.05, 0.1) is 18.3 Å². The van der Waals surface area contributed by atoms with Crippen molar-refractivity contribution in [1.29, 1.82) is 0 Å². The third-order valence-corrected chi connectivity index (χ3v) is 4.86. The van der Waals surface area contributed by atoms with E-state index in [0.717, 1.165) is 6.07 Å². The maximum atomic E-state index is 14.8. The van der Waals surface area contributed by atoms with Crippen LogP contribution < -0.4 is 0 Å². The Hall–Kier alpha value is -2.83. The first-order valence-corrected chi connectivity index (χ1v) is 10.4. The molecule has 0 saturated carbocycles. The number of aryl methyl sites for hydroxylation is 1. The molecule has 0 bridgehead atoms. The lowest BCUT2D eigenvalue weighted by molar-refractivity contribution is -0.163. The summed E-state index contributed by atoms with van der Waals surface area (Å²) in [5, 5.41) is 0. The van der Waals surface area contributed by atoms with Crippen molar-refractivity contribution < 1.29 is 32.2 Å². The molecule has 2 aromatic carbocycles. The fraction of sp³-hybridized carbons (Fsp3) is 0.440. The molecule has 4 nitrogen and oxygen atoms in total. The minimum absolute atomic E-state index is 0.00533. The molecule has 0 aromatic heterocycles. The summed E-state index contributed by atoms with van der Waals surface area (Å²) >= 11 is 0. The van der Waals surface area contributed by atoms with Gasteiger partial charge in [0.2, 0.25) is 0 Å². The summed E-state index contributed by atoms with van der Waals surface area (Å²) in [6.45, 7) is 9.88. The molecule has 174 valence electrons. The maximum absolute atomic E-state index is 14.8. The van der Waals surface area contributed by atoms with Crippen molar-refractivity contribution >= 4 is 11.9 Å². The van der Waals surface area contributed by atoms with Gasteiger partial charge in [-0.05, 0) is 63.4 Å². The van der Waals surface area contributed by atoms with Crippen LogP contribution in [0.3, 0.4) is 0 Å². The lowest BCUT2D eigenvalue weighted by Gasteiger charge is -2.27. The third kappa shape index (κ3) is 6.84. The summed E-state index contributed by atoms with van der Waals surface area (Å²) in [4.78, 5) is 24.6. The van der Waals surface area contributed by atoms with Crippen LogP contribution in [-0.4, -0.2) is 23.6 Å². The summed E-state index contributed by atoms with van der Waals surface area (Å²) in [7, 11) is 0. The van der Waals surface area contributed by atoms with Crippen LogP contribution in [0.15, 0.2) is 36.4 Å². The highest BCUT2D eigenvalue weighted by atomic mass is 19.1. The van der Waals surface area contributed by atoms with Crippen LogP contribution in [0.25, 0.3) is 0 Å². The molecule has 2 aromatic rings. The van der Waals surface area contributed by atoms with Gasteiger partial charge in [-0.15, -0.1) is 0 Å². The Balaban J connectivity index is 2.29. The lowest BCUT2D eigenvalue weighted by atomic mass is 9.86. The second kappa shape index (κ2) is 10.2. The molecular weight excluding hydrogens is 421 g/mol. The van der Waals surface area contributed by atoms with Gasteiger partial charge in [-0.25, -0.2) is 13.2 Å². The number of hydrogen-bond acceptors (Lipinski definition) is 4. The number of carbonyl (C=O) groups is 2. The van der Waals surface area contributed by atoms with E-state index in [4.69, 9.17) is 9.47 Å². The Morgan fingerprint density at radius 3 is 2.03 bits per heavy atom. The number of esters is 2. The summed E-state index contributed by atoms with van der Waals surface area (Å²) in [6.07, 6.45) is -1.20. The zero-order valence-corrected chi connectivity index (χ0v) is 19.2. The molecule has 32 heavy (non-hydrogen) atoms. The third-order valence-electron chi connectivity index (χ3n) is 4.86. The SMILES string of the molecule is Cc1ccc([C@@H](c2ccc(F)cc2F)[C@H](C)OC(=O)[C@H](C)CC(=O)OC(C)(C)C)c(F)c1. The minimum Gasteiger partial charge on any atom is -0.461 e. The first-order valence-electron chi connectivity index (χ1n) is 10.4. The van der Waals surface area contributed by atoms with Gasteiger partial charge in [-0.1, -0.05) is 25.1 Å². The monoisotopic (exact) mass is 450 g/mol. The van der Waals surface area contributed by atoms with Gasteiger partial charge < -0.3 is 9.47 Å². The molecule has 0 spiro atoms. The van der Waals surface area contributed by atoms with E-state index in [0.29, 0.717) is 11.6 Å². The smallest absolute Gasteiger partial charge is 0.309 e. The van der Waals surface area contributed by atoms with E-state index in [1.54, 1.807) is 33.8 Å². The second-order valence-corrected chi connectivity index (χ2v) is 9.00. The number of benzene rings is 2. The van der Waals surface area contributed by atoms with E-state index in [-0.39, 0.29) is 17.5 Å². The molecule has 0 unspecified atom stereocenters. The van der Waals surface area contributed by atoms with E-state index in [2.05, 4.69) is 0 Å². The van der Waals surface area contributed by atoms with Gasteiger partial charge >= 0.3 is 11.9 Å². The standard InChI is InChI=1S/C25H29F3O4/c1-14-7-9-18(20(27)11-14)23(19-10-8-17(26)13-21(19)28)16(3)31-24(30)15(2)12-22(29)32-25(4,5)6/h7-11,13,15-16,23H,12H2,1-6H3/t15-,16+,23+/m1/s1. The summed E-state index contributed by atoms with van der Waals surface area (Å²) in [6, 6.07) is 7.43. The zero-order chi connectivity index (χ0) is 24.2. The van der Waals surface area contributed by atoms with Crippen LogP contribution in [0.1, 0.15) is 63.6 Å². The topological polar surface area (TPSA) is 52.6 Å². The zero-order valence-electron chi connectivity index (χ0n) is 19.2. The summed E-state index contributed by atoms with van der Waals surface area (Å²) < 4.78 is 53.6. The van der Waals surface area contributed by atoms with Gasteiger partial charge in [-0.3, -0.25) is 9.59 Å². The largest absolute Gasteiger partial charge is 0.461 e. The lowest BCUT2D eigenvalue weighted by Crippen LogP contribution is -2.30. The summed E-state index contributed by atoms with van der Waals surface area (Å²) in [5.74, 6) is -5.35. The van der Waals surface area contributed by atoms with Crippen molar-refractivity contribution in [2.75, 3.05) is 0 Å². The van der Waals surface area contributed by atoms with Crippen molar-refractivity contribution in [1.82, 2.24) is 0 Å². The van der Waals surface area contributed by atoms with E-state index < -0.39 is 52.9 Å². The molecule has 0 N–H and O–H groups in total. The molecule has 2 rings (SSSR count). The number of hydrogen-bond donors (Lipinski definition) is 0. The van der Waals surface area contributed by atoms with Crippen LogP contribution in [0.4, 0.5) is 13.2 Å². The Bertz CT molecular complexity index is 930. The predicted octanol–water partition coefficient (Wildman–Crippen LogP) is 5.84. The van der Waals surface area contributed by atoms with Gasteiger partial charge in [0.25, 0.3) is 0 Å². The van der Waals surface area contributed by atoms with E-state index in [1.165, 1.54) is 32.0 Å². The van der Waals surface area contributed by atoms with Crippen LogP contribution in [0.2, 0.25) is 0 Å². The quantitative estimate of drug-likeness (QED) is 0.497. The normalized spacial score (nSPS) is 14.4. The minimum atomic E-state index is -1.02. The molecule has 0 aliphatic carbocycles. The van der Waals surface area contributed by atoms with Gasteiger partial charge in [0.1, 0.15) is 29.2 Å². The van der Waals surface area contributed by atoms with Crippen molar-refractivity contribution in [2.45, 2.75) is 65.6 Å². The molecule has 0 saturated heterocycles. The van der Waals surface area contributed by atoms with Gasteiger partial charge in [0.15, 0.2) is 0 Å². The number of carbonyl (C=O) groups excluding carboxylic acids is 2. The summed E-state index contributed by atoms with van der Waals surface area (Å²) in [5.41, 5.74) is 0.0815. The Kier molecular flexibility index (Phi) is 8.10. The average molecular weight is 450 g/mol. The van der Waals surface area contributed by atoms with E-state index >= 15 is 0 Å². The fourth-order valence-electron chi connectivity index (χ4n) is 3.40. The van der Waals surface area contributed by atoms with Crippen LogP contribution in [0, 0.1) is 30.3 Å². The number of rotatable bonds is 7. The molecule has 0 aliphatic rings. The Morgan fingerprint density at radius 1 is 0.938 bits per heavy atom. The predicted molar refractivity (Wildman–Crippen MR) is 115 cm³/mol. The molecule has 0 radical (unpaired) electrons. The fourth-order valence-corrected chi connectivity index (χ4v) is 3.40. The van der Waals surface area contributed by atoms with Gasteiger partial charge in [0, 0.05) is 6.07 Å². The van der Waals surface area contributed by atoms with Crippen LogP contribution in [0.5, 0.6) is 0 Å². The average Bonchev–Trinajstić information content (AvgIpc) is 2.63. The molecular formula is C25H29F3O4. The van der Waals surface area contributed by atoms with Crippen molar-refractivity contribution in [3.63, 3.8) is 0 Å². The van der Waals surface area contributed by atoms with E-state index in [1.807, 2.05) is 0 Å². The van der Waals surface area contributed by atoms with E-state index in [9.17, 15) is 22.8 Å². The highest BCUT2D eigenvalue weighted by Crippen LogP contribution is 2.34. The first kappa shape index (κ1) is 25.4. The van der Waals surface area contributed by atoms with Crippen molar-refractivity contribution in [3.05, 3.63) is 70.5 Å². The molecule has 3 atom stereocenters. The first-order chi connectivity index (χ1) is 14.8. The van der Waals surface area contributed by atoms with Crippen molar-refractivity contribution in [2.24, 2.45) is 5.92 Å². The molecule has 0 fully saturated rings. The molecule has 0 aliphatic heterocycles.